The Morgan fingerprint density at radius 1 is 0.722 bits per heavy atom. The Balaban J connectivity index is 6.21. The quantitative estimate of drug-likeness (QED) is 0.439. The molecule has 0 radical (unpaired) electrons. The number of halogens is 6. The molecule has 0 rings (SSSR count). The molecule has 104 valence electrons. The second kappa shape index (κ2) is 5.27. The minimum Gasteiger partial charge on any atom is -0.465 e. The van der Waals surface area contributed by atoms with Crippen LogP contribution in [-0.4, -0.2) is 38.5 Å². The van der Waals surface area contributed by atoms with E-state index < -0.39 is 35.4 Å². The van der Waals surface area contributed by atoms with Crippen LogP contribution in [0.2, 0.25) is 0 Å². The molecule has 0 fully saturated rings. The molecule has 0 spiro atoms. The van der Waals surface area contributed by atoms with Crippen LogP contribution in [0.5, 0.6) is 0 Å². The zero-order valence-corrected chi connectivity index (χ0v) is 8.90. The van der Waals surface area contributed by atoms with Crippen molar-refractivity contribution in [1.82, 2.24) is 0 Å². The van der Waals surface area contributed by atoms with Gasteiger partial charge in [-0.05, 0) is 0 Å². The lowest BCUT2D eigenvalue weighted by Crippen LogP contribution is -2.32. The minimum atomic E-state index is -5.72. The lowest BCUT2D eigenvalue weighted by Gasteiger charge is -2.16. The highest BCUT2D eigenvalue weighted by molar-refractivity contribution is 6.02. The molecule has 0 atom stereocenters. The van der Waals surface area contributed by atoms with E-state index in [1.165, 1.54) is 0 Å². The van der Waals surface area contributed by atoms with Crippen LogP contribution < -0.4 is 0 Å². The van der Waals surface area contributed by atoms with E-state index in [2.05, 4.69) is 9.47 Å². The normalized spacial score (nSPS) is 13.8. The molecule has 0 aromatic rings. The molecule has 0 heterocycles. The number of hydrogen-bond donors (Lipinski definition) is 0. The van der Waals surface area contributed by atoms with Crippen LogP contribution >= 0.6 is 0 Å². The number of hydrogen-bond acceptors (Lipinski definition) is 4. The van der Waals surface area contributed by atoms with Crippen molar-refractivity contribution in [2.45, 2.75) is 12.4 Å². The molecule has 0 aliphatic carbocycles. The van der Waals surface area contributed by atoms with Gasteiger partial charge >= 0.3 is 24.3 Å². The smallest absolute Gasteiger partial charge is 0.424 e. The van der Waals surface area contributed by atoms with Crippen LogP contribution in [0.1, 0.15) is 0 Å². The zero-order valence-electron chi connectivity index (χ0n) is 8.90. The molecule has 0 amide bonds. The van der Waals surface area contributed by atoms with Crippen molar-refractivity contribution in [2.24, 2.45) is 0 Å². The van der Waals surface area contributed by atoms with Gasteiger partial charge in [-0.3, -0.25) is 0 Å². The maximum atomic E-state index is 12.4. The molecular weight excluding hydrogens is 274 g/mol. The summed E-state index contributed by atoms with van der Waals surface area (Å²) >= 11 is 0. The van der Waals surface area contributed by atoms with E-state index in [-0.39, 0.29) is 0 Å². The molecule has 0 aromatic carbocycles. The highest BCUT2D eigenvalue weighted by atomic mass is 19.4. The third-order valence-electron chi connectivity index (χ3n) is 1.60. The Labute approximate surface area is 96.1 Å². The van der Waals surface area contributed by atoms with Gasteiger partial charge in [0.1, 0.15) is 0 Å². The Kier molecular flexibility index (Phi) is 4.76. The lowest BCUT2D eigenvalue weighted by atomic mass is 10.1. The number of esters is 2. The van der Waals surface area contributed by atoms with Crippen molar-refractivity contribution >= 4 is 11.9 Å². The van der Waals surface area contributed by atoms with Crippen LogP contribution in [0.4, 0.5) is 26.3 Å². The first kappa shape index (κ1) is 16.3. The maximum absolute atomic E-state index is 12.4. The number of methoxy groups -OCH3 is 2. The van der Waals surface area contributed by atoms with Gasteiger partial charge in [0.25, 0.3) is 0 Å². The third kappa shape index (κ3) is 3.64. The molecule has 0 bridgehead atoms. The second-order valence-electron chi connectivity index (χ2n) is 2.73. The van der Waals surface area contributed by atoms with Crippen molar-refractivity contribution in [3.05, 3.63) is 11.1 Å². The van der Waals surface area contributed by atoms with Crippen molar-refractivity contribution in [2.75, 3.05) is 14.2 Å². The number of alkyl halides is 6. The van der Waals surface area contributed by atoms with E-state index >= 15 is 0 Å². The largest absolute Gasteiger partial charge is 0.465 e. The molecule has 18 heavy (non-hydrogen) atoms. The number of carbonyl (C=O) groups excluding carboxylic acids is 2. The monoisotopic (exact) mass is 280 g/mol. The predicted octanol–water partition coefficient (Wildman–Crippen LogP) is 1.75. The highest BCUT2D eigenvalue weighted by Crippen LogP contribution is 2.37. The van der Waals surface area contributed by atoms with Crippen LogP contribution in [-0.2, 0) is 19.1 Å². The van der Waals surface area contributed by atoms with Gasteiger partial charge in [-0.1, -0.05) is 0 Å². The van der Waals surface area contributed by atoms with Gasteiger partial charge < -0.3 is 9.47 Å². The van der Waals surface area contributed by atoms with Crippen LogP contribution in [0.15, 0.2) is 11.1 Å². The topological polar surface area (TPSA) is 52.6 Å². The van der Waals surface area contributed by atoms with Crippen LogP contribution in [0.3, 0.4) is 0 Å². The second-order valence-corrected chi connectivity index (χ2v) is 2.73. The summed E-state index contributed by atoms with van der Waals surface area (Å²) in [6.07, 6.45) is -11.4. The molecule has 0 saturated heterocycles. The molecule has 4 nitrogen and oxygen atoms in total. The van der Waals surface area contributed by atoms with E-state index in [0.717, 1.165) is 0 Å². The molecule has 0 N–H and O–H groups in total. The lowest BCUT2D eigenvalue weighted by molar-refractivity contribution is -0.160. The fraction of sp³-hybridized carbons (Fsp3) is 0.500. The standard InChI is InChI=1S/C8H6F6O4/c1-17-5(15)3(7(9,10)11)4(6(16)18-2)8(12,13)14/h1-2H3/b4-3-. The molecule has 0 unspecified atom stereocenters. The summed E-state index contributed by atoms with van der Waals surface area (Å²) in [5.41, 5.74) is -5.52. The highest BCUT2D eigenvalue weighted by Gasteiger charge is 2.53. The first-order chi connectivity index (χ1) is 7.96. The molecular formula is C8H6F6O4. The molecule has 0 saturated carbocycles. The van der Waals surface area contributed by atoms with E-state index in [1.54, 1.807) is 0 Å². The summed E-state index contributed by atoms with van der Waals surface area (Å²) in [6.45, 7) is 0. The van der Waals surface area contributed by atoms with E-state index in [9.17, 15) is 35.9 Å². The van der Waals surface area contributed by atoms with Gasteiger partial charge in [0.05, 0.1) is 14.2 Å². The minimum absolute atomic E-state index is 0.444. The van der Waals surface area contributed by atoms with Crippen molar-refractivity contribution < 1.29 is 45.4 Å². The number of rotatable bonds is 2. The average Bonchev–Trinajstić information content (AvgIpc) is 2.20. The first-order valence-corrected chi connectivity index (χ1v) is 4.02. The maximum Gasteiger partial charge on any atom is 0.424 e. The molecule has 0 aliphatic heterocycles. The fourth-order valence-corrected chi connectivity index (χ4v) is 0.923. The van der Waals surface area contributed by atoms with E-state index in [0.29, 0.717) is 14.2 Å². The molecule has 0 aliphatic rings. The summed E-state index contributed by atoms with van der Waals surface area (Å²) in [5.74, 6) is -4.67. The Hall–Kier alpha value is -1.74. The van der Waals surface area contributed by atoms with E-state index in [1.807, 2.05) is 0 Å². The molecule has 10 heteroatoms. The van der Waals surface area contributed by atoms with Crippen molar-refractivity contribution in [3.8, 4) is 0 Å². The van der Waals surface area contributed by atoms with Gasteiger partial charge in [0, 0.05) is 0 Å². The number of carbonyl (C=O) groups is 2. The third-order valence-corrected chi connectivity index (χ3v) is 1.60. The number of ether oxygens (including phenoxy) is 2. The van der Waals surface area contributed by atoms with Crippen molar-refractivity contribution in [3.63, 3.8) is 0 Å². The Morgan fingerprint density at radius 3 is 1.06 bits per heavy atom. The Bertz CT molecular complexity index is 342. The van der Waals surface area contributed by atoms with Gasteiger partial charge in [0.15, 0.2) is 11.1 Å². The summed E-state index contributed by atoms with van der Waals surface area (Å²) in [4.78, 5) is 21.5. The summed E-state index contributed by atoms with van der Waals surface area (Å²) < 4.78 is 81.4. The van der Waals surface area contributed by atoms with Gasteiger partial charge in [-0.15, -0.1) is 0 Å². The predicted molar refractivity (Wildman–Crippen MR) is 43.2 cm³/mol. The molecule has 0 aromatic heterocycles. The average molecular weight is 280 g/mol. The first-order valence-electron chi connectivity index (χ1n) is 4.02. The SMILES string of the molecule is COC(=O)/C(=C(\C(=O)OC)C(F)(F)F)C(F)(F)F. The van der Waals surface area contributed by atoms with Crippen LogP contribution in [0.25, 0.3) is 0 Å². The Morgan fingerprint density at radius 2 is 0.944 bits per heavy atom. The van der Waals surface area contributed by atoms with Gasteiger partial charge in [-0.25, -0.2) is 9.59 Å². The van der Waals surface area contributed by atoms with Gasteiger partial charge in [0.2, 0.25) is 0 Å². The summed E-state index contributed by atoms with van der Waals surface area (Å²) in [5, 5.41) is 0. The van der Waals surface area contributed by atoms with Crippen LogP contribution in [0, 0.1) is 0 Å². The zero-order chi connectivity index (χ0) is 14.7. The summed E-state index contributed by atoms with van der Waals surface area (Å²) in [7, 11) is 0.888. The van der Waals surface area contributed by atoms with Gasteiger partial charge in [-0.2, -0.15) is 26.3 Å². The van der Waals surface area contributed by atoms with E-state index in [4.69, 9.17) is 0 Å². The van der Waals surface area contributed by atoms with Crippen molar-refractivity contribution in [1.29, 1.82) is 0 Å². The summed E-state index contributed by atoms with van der Waals surface area (Å²) in [6, 6.07) is 0. The fourth-order valence-electron chi connectivity index (χ4n) is 0.923.